The summed E-state index contributed by atoms with van der Waals surface area (Å²) in [6.07, 6.45) is 3.23. The molecule has 0 fully saturated rings. The van der Waals surface area contributed by atoms with E-state index in [1.54, 1.807) is 6.20 Å². The SMILES string of the molecule is CC(N)N(C)C=CN. The van der Waals surface area contributed by atoms with Gasteiger partial charge in [0.2, 0.25) is 0 Å². The summed E-state index contributed by atoms with van der Waals surface area (Å²) in [5.74, 6) is 0. The van der Waals surface area contributed by atoms with Gasteiger partial charge < -0.3 is 16.4 Å². The number of nitrogens with zero attached hydrogens (tertiary/aromatic N) is 1. The normalized spacial score (nSPS) is 14.4. The highest BCUT2D eigenvalue weighted by Gasteiger charge is 1.92. The molecule has 0 amide bonds. The smallest absolute Gasteiger partial charge is 0.0734 e. The van der Waals surface area contributed by atoms with Crippen LogP contribution in [0, 0.1) is 0 Å². The fraction of sp³-hybridized carbons (Fsp3) is 0.600. The quantitative estimate of drug-likeness (QED) is 0.484. The molecule has 0 heterocycles. The molecule has 3 nitrogen and oxygen atoms in total. The predicted octanol–water partition coefficient (Wildman–Crippen LogP) is -0.347. The summed E-state index contributed by atoms with van der Waals surface area (Å²) in [6.45, 7) is 1.89. The van der Waals surface area contributed by atoms with Crippen LogP contribution in [0.25, 0.3) is 0 Å². The van der Waals surface area contributed by atoms with Crippen LogP contribution in [-0.4, -0.2) is 18.1 Å². The van der Waals surface area contributed by atoms with E-state index in [1.807, 2.05) is 18.9 Å². The third-order valence-corrected chi connectivity index (χ3v) is 0.964. The molecule has 0 aromatic carbocycles. The third kappa shape index (κ3) is 2.47. The molecule has 0 saturated carbocycles. The van der Waals surface area contributed by atoms with E-state index in [1.165, 1.54) is 6.20 Å². The van der Waals surface area contributed by atoms with Crippen molar-refractivity contribution in [1.29, 1.82) is 0 Å². The molecule has 3 heteroatoms. The van der Waals surface area contributed by atoms with Crippen molar-refractivity contribution in [3.05, 3.63) is 12.4 Å². The van der Waals surface area contributed by atoms with Crippen LogP contribution in [0.1, 0.15) is 6.92 Å². The lowest BCUT2D eigenvalue weighted by molar-refractivity contribution is 0.360. The molecule has 48 valence electrons. The largest absolute Gasteiger partial charge is 0.403 e. The van der Waals surface area contributed by atoms with Crippen LogP contribution >= 0.6 is 0 Å². The Hall–Kier alpha value is -0.700. The van der Waals surface area contributed by atoms with E-state index < -0.39 is 0 Å². The van der Waals surface area contributed by atoms with E-state index in [0.717, 1.165) is 0 Å². The molecule has 4 N–H and O–H groups in total. The van der Waals surface area contributed by atoms with Crippen molar-refractivity contribution in [2.45, 2.75) is 13.1 Å². The van der Waals surface area contributed by atoms with Gasteiger partial charge in [0, 0.05) is 19.4 Å². The minimum Gasteiger partial charge on any atom is -0.403 e. The van der Waals surface area contributed by atoms with Crippen molar-refractivity contribution in [3.63, 3.8) is 0 Å². The molecule has 0 aromatic heterocycles. The van der Waals surface area contributed by atoms with Crippen molar-refractivity contribution >= 4 is 0 Å². The van der Waals surface area contributed by atoms with Gasteiger partial charge >= 0.3 is 0 Å². The van der Waals surface area contributed by atoms with Crippen molar-refractivity contribution in [1.82, 2.24) is 4.90 Å². The predicted molar refractivity (Wildman–Crippen MR) is 34.7 cm³/mol. The van der Waals surface area contributed by atoms with E-state index in [2.05, 4.69) is 0 Å². The lowest BCUT2D eigenvalue weighted by Gasteiger charge is -2.17. The fourth-order valence-corrected chi connectivity index (χ4v) is 0.272. The standard InChI is InChI=1S/C5H13N3/c1-5(7)8(2)4-3-6/h3-5H,6-7H2,1-2H3. The first-order valence-corrected chi connectivity index (χ1v) is 2.54. The van der Waals surface area contributed by atoms with Crippen molar-refractivity contribution in [2.24, 2.45) is 11.5 Å². The zero-order valence-corrected chi connectivity index (χ0v) is 5.33. The van der Waals surface area contributed by atoms with Crippen LogP contribution in [0.2, 0.25) is 0 Å². The first-order valence-electron chi connectivity index (χ1n) is 2.54. The van der Waals surface area contributed by atoms with Crippen LogP contribution in [0.5, 0.6) is 0 Å². The monoisotopic (exact) mass is 115 g/mol. The molecular weight excluding hydrogens is 102 g/mol. The number of nitrogens with two attached hydrogens (primary N) is 2. The van der Waals surface area contributed by atoms with Gasteiger partial charge in [-0.05, 0) is 6.92 Å². The van der Waals surface area contributed by atoms with Gasteiger partial charge in [0.25, 0.3) is 0 Å². The van der Waals surface area contributed by atoms with Crippen LogP contribution in [0.15, 0.2) is 12.4 Å². The molecule has 0 radical (unpaired) electrons. The minimum absolute atomic E-state index is 0.0369. The molecule has 0 aliphatic rings. The average Bonchev–Trinajstić information content (AvgIpc) is 1.67. The van der Waals surface area contributed by atoms with Crippen LogP contribution in [-0.2, 0) is 0 Å². The van der Waals surface area contributed by atoms with Gasteiger partial charge in [-0.2, -0.15) is 0 Å². The average molecular weight is 115 g/mol. The Kier molecular flexibility index (Phi) is 3.03. The Bertz CT molecular complexity index is 77.7. The Morgan fingerprint density at radius 1 is 1.62 bits per heavy atom. The van der Waals surface area contributed by atoms with Crippen molar-refractivity contribution < 1.29 is 0 Å². The molecule has 0 aliphatic carbocycles. The molecule has 0 aliphatic heterocycles. The van der Waals surface area contributed by atoms with Crippen LogP contribution in [0.3, 0.4) is 0 Å². The van der Waals surface area contributed by atoms with E-state index in [4.69, 9.17) is 11.5 Å². The van der Waals surface area contributed by atoms with Gasteiger partial charge in [-0.1, -0.05) is 0 Å². The molecule has 1 atom stereocenters. The summed E-state index contributed by atoms with van der Waals surface area (Å²) in [5, 5.41) is 0. The maximum Gasteiger partial charge on any atom is 0.0734 e. The zero-order valence-electron chi connectivity index (χ0n) is 5.33. The van der Waals surface area contributed by atoms with Gasteiger partial charge in [-0.15, -0.1) is 0 Å². The Morgan fingerprint density at radius 2 is 2.12 bits per heavy atom. The summed E-state index contributed by atoms with van der Waals surface area (Å²) >= 11 is 0. The second kappa shape index (κ2) is 3.32. The van der Waals surface area contributed by atoms with E-state index >= 15 is 0 Å². The summed E-state index contributed by atoms with van der Waals surface area (Å²) < 4.78 is 0. The second-order valence-corrected chi connectivity index (χ2v) is 1.75. The molecule has 1 unspecified atom stereocenters. The maximum atomic E-state index is 5.44. The fourth-order valence-electron chi connectivity index (χ4n) is 0.272. The molecule has 0 bridgehead atoms. The Morgan fingerprint density at radius 3 is 2.25 bits per heavy atom. The topological polar surface area (TPSA) is 55.3 Å². The number of hydrogen-bond donors (Lipinski definition) is 2. The Balaban J connectivity index is 3.47. The maximum absolute atomic E-state index is 5.44. The van der Waals surface area contributed by atoms with Gasteiger partial charge in [0.15, 0.2) is 0 Å². The first-order chi connectivity index (χ1) is 3.68. The van der Waals surface area contributed by atoms with Gasteiger partial charge in [0.05, 0.1) is 6.17 Å². The van der Waals surface area contributed by atoms with Crippen LogP contribution in [0.4, 0.5) is 0 Å². The summed E-state index contributed by atoms with van der Waals surface area (Å²) in [5.41, 5.74) is 10.5. The van der Waals surface area contributed by atoms with E-state index in [9.17, 15) is 0 Å². The molecule has 8 heavy (non-hydrogen) atoms. The van der Waals surface area contributed by atoms with Gasteiger partial charge in [0.1, 0.15) is 0 Å². The third-order valence-electron chi connectivity index (χ3n) is 0.964. The van der Waals surface area contributed by atoms with Gasteiger partial charge in [-0.3, -0.25) is 0 Å². The molecule has 0 aromatic rings. The molecular formula is C5H13N3. The molecule has 0 rings (SSSR count). The number of rotatable bonds is 2. The highest BCUT2D eigenvalue weighted by Crippen LogP contribution is 1.84. The molecule has 0 saturated heterocycles. The summed E-state index contributed by atoms with van der Waals surface area (Å²) in [7, 11) is 1.87. The molecule has 0 spiro atoms. The lowest BCUT2D eigenvalue weighted by atomic mass is 10.5. The zero-order chi connectivity index (χ0) is 6.57. The second-order valence-electron chi connectivity index (χ2n) is 1.75. The van der Waals surface area contributed by atoms with E-state index in [-0.39, 0.29) is 6.17 Å². The minimum atomic E-state index is 0.0369. The first kappa shape index (κ1) is 7.30. The summed E-state index contributed by atoms with van der Waals surface area (Å²) in [6, 6.07) is 0. The van der Waals surface area contributed by atoms with Crippen molar-refractivity contribution in [3.8, 4) is 0 Å². The highest BCUT2D eigenvalue weighted by atomic mass is 15.2. The lowest BCUT2D eigenvalue weighted by Crippen LogP contribution is -2.32. The van der Waals surface area contributed by atoms with Crippen molar-refractivity contribution in [2.75, 3.05) is 7.05 Å². The summed E-state index contributed by atoms with van der Waals surface area (Å²) in [4.78, 5) is 1.82. The van der Waals surface area contributed by atoms with Crippen LogP contribution < -0.4 is 11.5 Å². The Labute approximate surface area is 49.9 Å². The van der Waals surface area contributed by atoms with E-state index in [0.29, 0.717) is 0 Å². The number of hydrogen-bond acceptors (Lipinski definition) is 3. The van der Waals surface area contributed by atoms with Gasteiger partial charge in [-0.25, -0.2) is 0 Å². The highest BCUT2D eigenvalue weighted by molar-refractivity contribution is 4.75.